The molecule has 0 aliphatic heterocycles. The fourth-order valence-electron chi connectivity index (χ4n) is 0.786. The Hall–Kier alpha value is -1.82. The number of nitrogens with one attached hydrogen (secondary N) is 1. The lowest BCUT2D eigenvalue weighted by Gasteiger charge is -2.08. The number of carbonyl (C=O) groups is 1. The molecule has 0 heterocycles. The van der Waals surface area contributed by atoms with E-state index >= 15 is 0 Å². The van der Waals surface area contributed by atoms with Gasteiger partial charge in [-0.25, -0.2) is 4.79 Å². The molecule has 0 fully saturated rings. The summed E-state index contributed by atoms with van der Waals surface area (Å²) < 4.78 is 0. The summed E-state index contributed by atoms with van der Waals surface area (Å²) in [7, 11) is 1.24. The van der Waals surface area contributed by atoms with Gasteiger partial charge in [-0.15, -0.1) is 17.3 Å². The van der Waals surface area contributed by atoms with Crippen LogP contribution in [0.2, 0.25) is 0 Å². The number of phenols is 1. The number of urea groups is 1. The maximum atomic E-state index is 11.1. The van der Waals surface area contributed by atoms with Gasteiger partial charge in [0.05, 0.1) is 5.29 Å². The number of aromatic hydroxyl groups is 1. The normalized spacial score (nSPS) is 8.60. The Balaban J connectivity index is 0.00000196. The van der Waals surface area contributed by atoms with Crippen molar-refractivity contribution < 1.29 is 9.90 Å². The summed E-state index contributed by atoms with van der Waals surface area (Å²) in [6, 6.07) is 5.22. The predicted octanol–water partition coefficient (Wildman–Crippen LogP) is 1.96. The molecule has 0 spiro atoms. The van der Waals surface area contributed by atoms with E-state index in [9.17, 15) is 9.70 Å². The van der Waals surface area contributed by atoms with Crippen molar-refractivity contribution >= 4 is 24.1 Å². The third kappa shape index (κ3) is 3.82. The van der Waals surface area contributed by atoms with E-state index < -0.39 is 6.03 Å². The SMILES string of the molecule is CN(N=O)C(=O)Nc1ccc(O)cc1.Cl. The number of phenolic OH excluding ortho intramolecular Hbond substituents is 1. The first kappa shape index (κ1) is 13.2. The lowest BCUT2D eigenvalue weighted by Crippen LogP contribution is -2.26. The third-order valence-corrected chi connectivity index (χ3v) is 1.53. The summed E-state index contributed by atoms with van der Waals surface area (Å²) in [5.74, 6) is 0.102. The number of nitroso groups, excluding NO2 is 1. The van der Waals surface area contributed by atoms with E-state index in [2.05, 4.69) is 10.6 Å². The molecule has 1 aromatic carbocycles. The molecule has 0 bridgehead atoms. The van der Waals surface area contributed by atoms with Crippen LogP contribution in [-0.4, -0.2) is 23.2 Å². The van der Waals surface area contributed by atoms with Crippen molar-refractivity contribution in [3.8, 4) is 5.75 Å². The van der Waals surface area contributed by atoms with E-state index in [1.165, 1.54) is 31.3 Å². The highest BCUT2D eigenvalue weighted by molar-refractivity contribution is 5.88. The molecule has 0 saturated heterocycles. The lowest BCUT2D eigenvalue weighted by molar-refractivity contribution is 0.224. The minimum atomic E-state index is -0.634. The maximum Gasteiger partial charge on any atom is 0.344 e. The van der Waals surface area contributed by atoms with Crippen LogP contribution in [-0.2, 0) is 0 Å². The van der Waals surface area contributed by atoms with Crippen LogP contribution >= 0.6 is 12.4 Å². The average molecular weight is 232 g/mol. The largest absolute Gasteiger partial charge is 0.508 e. The summed E-state index contributed by atoms with van der Waals surface area (Å²) in [6.07, 6.45) is 0. The molecule has 1 rings (SSSR count). The van der Waals surface area contributed by atoms with Gasteiger partial charge in [0, 0.05) is 12.7 Å². The van der Waals surface area contributed by atoms with Crippen molar-refractivity contribution in [2.45, 2.75) is 0 Å². The van der Waals surface area contributed by atoms with Crippen LogP contribution in [0.3, 0.4) is 0 Å². The number of halogens is 1. The van der Waals surface area contributed by atoms with Gasteiger partial charge in [0.15, 0.2) is 0 Å². The number of benzene rings is 1. The average Bonchev–Trinajstić information content (AvgIpc) is 2.20. The van der Waals surface area contributed by atoms with Gasteiger partial charge in [0.25, 0.3) is 0 Å². The molecule has 7 heteroatoms. The summed E-state index contributed by atoms with van der Waals surface area (Å²) in [4.78, 5) is 21.1. The highest BCUT2D eigenvalue weighted by Gasteiger charge is 2.07. The second-order valence-corrected chi connectivity index (χ2v) is 2.58. The lowest BCUT2D eigenvalue weighted by atomic mass is 10.3. The zero-order valence-corrected chi connectivity index (χ0v) is 8.69. The van der Waals surface area contributed by atoms with Crippen molar-refractivity contribution in [2.24, 2.45) is 5.29 Å². The number of anilines is 1. The highest BCUT2D eigenvalue weighted by atomic mass is 35.5. The first-order valence-corrected chi connectivity index (χ1v) is 3.80. The molecular weight excluding hydrogens is 222 g/mol. The van der Waals surface area contributed by atoms with Crippen LogP contribution in [0.4, 0.5) is 10.5 Å². The van der Waals surface area contributed by atoms with E-state index in [4.69, 9.17) is 5.11 Å². The zero-order valence-electron chi connectivity index (χ0n) is 7.88. The number of hydrogen-bond acceptors (Lipinski definition) is 4. The molecule has 0 radical (unpaired) electrons. The molecule has 0 unspecified atom stereocenters. The van der Waals surface area contributed by atoms with Crippen LogP contribution in [0.5, 0.6) is 5.75 Å². The predicted molar refractivity (Wildman–Crippen MR) is 57.9 cm³/mol. The molecule has 1 aromatic rings. The van der Waals surface area contributed by atoms with Gasteiger partial charge in [0.1, 0.15) is 5.75 Å². The fraction of sp³-hybridized carbons (Fsp3) is 0.125. The first-order valence-electron chi connectivity index (χ1n) is 3.80. The molecule has 0 atom stereocenters. The number of nitrogens with zero attached hydrogens (tertiary/aromatic N) is 2. The third-order valence-electron chi connectivity index (χ3n) is 1.53. The number of hydrogen-bond donors (Lipinski definition) is 2. The van der Waals surface area contributed by atoms with Crippen LogP contribution in [0.1, 0.15) is 0 Å². The Kier molecular flexibility index (Phi) is 5.11. The van der Waals surface area contributed by atoms with Crippen molar-refractivity contribution in [1.82, 2.24) is 5.01 Å². The fourth-order valence-corrected chi connectivity index (χ4v) is 0.786. The molecule has 0 saturated carbocycles. The Labute approximate surface area is 92.2 Å². The van der Waals surface area contributed by atoms with E-state index in [1.807, 2.05) is 0 Å². The molecule has 2 N–H and O–H groups in total. The molecule has 0 aliphatic carbocycles. The molecule has 6 nitrogen and oxygen atoms in total. The number of rotatable bonds is 2. The molecule has 82 valence electrons. The highest BCUT2D eigenvalue weighted by Crippen LogP contribution is 2.13. The van der Waals surface area contributed by atoms with Crippen molar-refractivity contribution in [1.29, 1.82) is 0 Å². The molecular formula is C8H10ClN3O3. The van der Waals surface area contributed by atoms with Crippen molar-refractivity contribution in [3.63, 3.8) is 0 Å². The zero-order chi connectivity index (χ0) is 10.6. The Bertz CT molecular complexity index is 341. The maximum absolute atomic E-state index is 11.1. The second kappa shape index (κ2) is 5.82. The van der Waals surface area contributed by atoms with Crippen molar-refractivity contribution in [3.05, 3.63) is 29.2 Å². The van der Waals surface area contributed by atoms with Gasteiger partial charge in [-0.3, -0.25) is 0 Å². The summed E-state index contributed by atoms with van der Waals surface area (Å²) in [6.45, 7) is 0. The Morgan fingerprint density at radius 3 is 2.40 bits per heavy atom. The summed E-state index contributed by atoms with van der Waals surface area (Å²) in [5, 5.41) is 14.4. The van der Waals surface area contributed by atoms with Crippen LogP contribution in [0.25, 0.3) is 0 Å². The van der Waals surface area contributed by atoms with Gasteiger partial charge in [-0.1, -0.05) is 0 Å². The van der Waals surface area contributed by atoms with Gasteiger partial charge in [-0.05, 0) is 24.3 Å². The quantitative estimate of drug-likeness (QED) is 0.464. The van der Waals surface area contributed by atoms with E-state index in [-0.39, 0.29) is 18.2 Å². The monoisotopic (exact) mass is 231 g/mol. The Morgan fingerprint density at radius 1 is 1.40 bits per heavy atom. The molecule has 0 aromatic heterocycles. The smallest absolute Gasteiger partial charge is 0.344 e. The Morgan fingerprint density at radius 2 is 1.93 bits per heavy atom. The van der Waals surface area contributed by atoms with Gasteiger partial charge in [-0.2, -0.15) is 5.01 Å². The van der Waals surface area contributed by atoms with Crippen LogP contribution in [0, 0.1) is 4.91 Å². The molecule has 0 aliphatic rings. The van der Waals surface area contributed by atoms with Crippen LogP contribution < -0.4 is 5.32 Å². The van der Waals surface area contributed by atoms with E-state index in [0.717, 1.165) is 0 Å². The summed E-state index contributed by atoms with van der Waals surface area (Å²) >= 11 is 0. The minimum absolute atomic E-state index is 0. The van der Waals surface area contributed by atoms with Crippen LogP contribution in [0.15, 0.2) is 29.6 Å². The van der Waals surface area contributed by atoms with E-state index in [0.29, 0.717) is 10.7 Å². The van der Waals surface area contributed by atoms with Gasteiger partial charge >= 0.3 is 6.03 Å². The second-order valence-electron chi connectivity index (χ2n) is 2.58. The van der Waals surface area contributed by atoms with Gasteiger partial charge < -0.3 is 10.4 Å². The standard InChI is InChI=1S/C8H9N3O3.ClH/c1-11(10-14)8(13)9-6-2-4-7(12)5-3-6;/h2-5,12H,1H3,(H,9,13);1H. The van der Waals surface area contributed by atoms with Gasteiger partial charge in [0.2, 0.25) is 0 Å². The molecule has 2 amide bonds. The summed E-state index contributed by atoms with van der Waals surface area (Å²) in [5.41, 5.74) is 0.475. The topological polar surface area (TPSA) is 82.0 Å². The number of amides is 2. The van der Waals surface area contributed by atoms with Crippen molar-refractivity contribution in [2.75, 3.05) is 12.4 Å². The molecule has 15 heavy (non-hydrogen) atoms. The van der Waals surface area contributed by atoms with E-state index in [1.54, 1.807) is 0 Å². The first-order chi connectivity index (χ1) is 6.63. The number of carbonyl (C=O) groups excluding carboxylic acids is 1. The minimum Gasteiger partial charge on any atom is -0.508 e.